The SMILES string of the molecule is CCCNCC(Cc1cncc(Br)c1)c1ccc(Cl)cc1. The third kappa shape index (κ3) is 5.42. The number of nitrogens with zero attached hydrogens (tertiary/aromatic N) is 1. The fourth-order valence-electron chi connectivity index (χ4n) is 2.35. The van der Waals surface area contributed by atoms with Crippen LogP contribution in [0, 0.1) is 0 Å². The van der Waals surface area contributed by atoms with Crippen molar-refractivity contribution in [1.82, 2.24) is 10.3 Å². The first-order valence-electron chi connectivity index (χ1n) is 7.24. The third-order valence-electron chi connectivity index (χ3n) is 3.40. The summed E-state index contributed by atoms with van der Waals surface area (Å²) in [6, 6.07) is 10.3. The molecule has 0 radical (unpaired) electrons. The number of halogens is 2. The van der Waals surface area contributed by atoms with Gasteiger partial charge in [0.2, 0.25) is 0 Å². The zero-order valence-corrected chi connectivity index (χ0v) is 14.5. The van der Waals surface area contributed by atoms with Crippen molar-refractivity contribution in [1.29, 1.82) is 0 Å². The summed E-state index contributed by atoms with van der Waals surface area (Å²) in [5.74, 6) is 0.421. The Morgan fingerprint density at radius 1 is 1.24 bits per heavy atom. The average Bonchev–Trinajstić information content (AvgIpc) is 2.47. The average molecular weight is 368 g/mol. The van der Waals surface area contributed by atoms with Gasteiger partial charge in [-0.2, -0.15) is 0 Å². The third-order valence-corrected chi connectivity index (χ3v) is 4.09. The van der Waals surface area contributed by atoms with E-state index in [9.17, 15) is 0 Å². The monoisotopic (exact) mass is 366 g/mol. The van der Waals surface area contributed by atoms with Gasteiger partial charge in [0.15, 0.2) is 0 Å². The topological polar surface area (TPSA) is 24.9 Å². The maximum atomic E-state index is 5.99. The van der Waals surface area contributed by atoms with Gasteiger partial charge in [0.05, 0.1) is 0 Å². The molecule has 2 aromatic rings. The molecule has 1 atom stereocenters. The number of hydrogen-bond acceptors (Lipinski definition) is 2. The normalized spacial score (nSPS) is 12.3. The molecule has 0 amide bonds. The van der Waals surface area contributed by atoms with Gasteiger partial charge in [-0.15, -0.1) is 0 Å². The molecule has 0 saturated carbocycles. The molecule has 1 N–H and O–H groups in total. The van der Waals surface area contributed by atoms with Crippen LogP contribution < -0.4 is 5.32 Å². The highest BCUT2D eigenvalue weighted by molar-refractivity contribution is 9.10. The zero-order valence-electron chi connectivity index (χ0n) is 12.2. The van der Waals surface area contributed by atoms with Crippen molar-refractivity contribution >= 4 is 27.5 Å². The maximum Gasteiger partial charge on any atom is 0.0410 e. The Kier molecular flexibility index (Phi) is 6.68. The number of nitrogens with one attached hydrogen (secondary N) is 1. The van der Waals surface area contributed by atoms with Gasteiger partial charge in [-0.3, -0.25) is 4.98 Å². The highest BCUT2D eigenvalue weighted by Crippen LogP contribution is 2.23. The lowest BCUT2D eigenvalue weighted by atomic mass is 9.92. The van der Waals surface area contributed by atoms with E-state index >= 15 is 0 Å². The summed E-state index contributed by atoms with van der Waals surface area (Å²) in [6.07, 6.45) is 5.86. The van der Waals surface area contributed by atoms with Crippen LogP contribution in [0.4, 0.5) is 0 Å². The summed E-state index contributed by atoms with van der Waals surface area (Å²) >= 11 is 9.48. The van der Waals surface area contributed by atoms with Gasteiger partial charge < -0.3 is 5.32 Å². The molecule has 4 heteroatoms. The van der Waals surface area contributed by atoms with E-state index < -0.39 is 0 Å². The van der Waals surface area contributed by atoms with E-state index in [1.54, 1.807) is 0 Å². The quantitative estimate of drug-likeness (QED) is 0.709. The molecule has 21 heavy (non-hydrogen) atoms. The van der Waals surface area contributed by atoms with E-state index in [4.69, 9.17) is 11.6 Å². The van der Waals surface area contributed by atoms with Gasteiger partial charge in [-0.25, -0.2) is 0 Å². The van der Waals surface area contributed by atoms with Crippen LogP contribution in [-0.4, -0.2) is 18.1 Å². The van der Waals surface area contributed by atoms with Crippen LogP contribution in [0.3, 0.4) is 0 Å². The minimum Gasteiger partial charge on any atom is -0.316 e. The van der Waals surface area contributed by atoms with Crippen LogP contribution in [-0.2, 0) is 6.42 Å². The second-order valence-electron chi connectivity index (χ2n) is 5.17. The van der Waals surface area contributed by atoms with Gasteiger partial charge in [0.25, 0.3) is 0 Å². The molecular formula is C17H20BrClN2. The number of aromatic nitrogens is 1. The van der Waals surface area contributed by atoms with Crippen molar-refractivity contribution < 1.29 is 0 Å². The molecule has 0 aliphatic rings. The van der Waals surface area contributed by atoms with Crippen molar-refractivity contribution in [2.24, 2.45) is 0 Å². The van der Waals surface area contributed by atoms with Crippen LogP contribution >= 0.6 is 27.5 Å². The summed E-state index contributed by atoms with van der Waals surface area (Å²) < 4.78 is 1.02. The summed E-state index contributed by atoms with van der Waals surface area (Å²) in [6.45, 7) is 4.19. The zero-order chi connectivity index (χ0) is 15.1. The molecule has 0 bridgehead atoms. The molecule has 2 nitrogen and oxygen atoms in total. The minimum absolute atomic E-state index is 0.421. The molecule has 0 spiro atoms. The van der Waals surface area contributed by atoms with E-state index in [1.807, 2.05) is 24.5 Å². The molecule has 1 aromatic heterocycles. The lowest BCUT2D eigenvalue weighted by Crippen LogP contribution is -2.23. The molecule has 112 valence electrons. The summed E-state index contributed by atoms with van der Waals surface area (Å²) in [4.78, 5) is 4.25. The Morgan fingerprint density at radius 2 is 2.00 bits per heavy atom. The van der Waals surface area contributed by atoms with Crippen LogP contribution in [0.25, 0.3) is 0 Å². The van der Waals surface area contributed by atoms with Crippen LogP contribution in [0.5, 0.6) is 0 Å². The molecule has 0 aliphatic heterocycles. The summed E-state index contributed by atoms with van der Waals surface area (Å²) in [5, 5.41) is 4.30. The van der Waals surface area contributed by atoms with E-state index in [2.05, 4.69) is 51.4 Å². The number of pyridine rings is 1. The molecule has 0 aliphatic carbocycles. The first-order chi connectivity index (χ1) is 10.2. The van der Waals surface area contributed by atoms with Crippen LogP contribution in [0.1, 0.15) is 30.4 Å². The summed E-state index contributed by atoms with van der Waals surface area (Å²) in [5.41, 5.74) is 2.55. The predicted octanol–water partition coefficient (Wildman–Crippen LogP) is 4.82. The van der Waals surface area contributed by atoms with Crippen molar-refractivity contribution in [3.05, 3.63) is 63.3 Å². The molecule has 1 heterocycles. The van der Waals surface area contributed by atoms with E-state index in [1.165, 1.54) is 11.1 Å². The van der Waals surface area contributed by atoms with E-state index in [0.29, 0.717) is 5.92 Å². The molecule has 2 rings (SSSR count). The Labute approximate surface area is 140 Å². The summed E-state index contributed by atoms with van der Waals surface area (Å²) in [7, 11) is 0. The van der Waals surface area contributed by atoms with Gasteiger partial charge >= 0.3 is 0 Å². The van der Waals surface area contributed by atoms with Crippen molar-refractivity contribution in [2.75, 3.05) is 13.1 Å². The van der Waals surface area contributed by atoms with Gasteiger partial charge in [0.1, 0.15) is 0 Å². The van der Waals surface area contributed by atoms with Crippen molar-refractivity contribution in [3.8, 4) is 0 Å². The highest BCUT2D eigenvalue weighted by Gasteiger charge is 2.12. The minimum atomic E-state index is 0.421. The van der Waals surface area contributed by atoms with Gasteiger partial charge in [0, 0.05) is 34.4 Å². The Bertz CT molecular complexity index is 557. The largest absolute Gasteiger partial charge is 0.316 e. The number of hydrogen-bond donors (Lipinski definition) is 1. The first kappa shape index (κ1) is 16.5. The molecule has 1 unspecified atom stereocenters. The lowest BCUT2D eigenvalue weighted by Gasteiger charge is -2.18. The highest BCUT2D eigenvalue weighted by atomic mass is 79.9. The standard InChI is InChI=1S/C17H20BrClN2/c1-2-7-20-11-15(14-3-5-17(19)6-4-14)8-13-9-16(18)12-21-10-13/h3-6,9-10,12,15,20H,2,7-8,11H2,1H3. The maximum absolute atomic E-state index is 5.99. The molecule has 1 aromatic carbocycles. The second-order valence-corrected chi connectivity index (χ2v) is 6.52. The Hall–Kier alpha value is -0.900. The smallest absolute Gasteiger partial charge is 0.0410 e. The number of rotatable bonds is 7. The van der Waals surface area contributed by atoms with Crippen molar-refractivity contribution in [2.45, 2.75) is 25.7 Å². The first-order valence-corrected chi connectivity index (χ1v) is 8.41. The van der Waals surface area contributed by atoms with Gasteiger partial charge in [-0.1, -0.05) is 30.7 Å². The predicted molar refractivity (Wildman–Crippen MR) is 93.0 cm³/mol. The fraction of sp³-hybridized carbons (Fsp3) is 0.353. The van der Waals surface area contributed by atoms with Crippen LogP contribution in [0.15, 0.2) is 47.2 Å². The number of benzene rings is 1. The van der Waals surface area contributed by atoms with E-state index in [-0.39, 0.29) is 0 Å². The molecule has 0 fully saturated rings. The molecular weight excluding hydrogens is 348 g/mol. The lowest BCUT2D eigenvalue weighted by molar-refractivity contribution is 0.576. The molecule has 0 saturated heterocycles. The Balaban J connectivity index is 2.13. The fourth-order valence-corrected chi connectivity index (χ4v) is 2.89. The van der Waals surface area contributed by atoms with E-state index in [0.717, 1.165) is 35.4 Å². The van der Waals surface area contributed by atoms with Gasteiger partial charge in [-0.05, 0) is 64.6 Å². The van der Waals surface area contributed by atoms with Crippen LogP contribution in [0.2, 0.25) is 5.02 Å². The second kappa shape index (κ2) is 8.52. The van der Waals surface area contributed by atoms with Crippen molar-refractivity contribution in [3.63, 3.8) is 0 Å². The Morgan fingerprint density at radius 3 is 2.67 bits per heavy atom.